The van der Waals surface area contributed by atoms with Gasteiger partial charge in [-0.25, -0.2) is 4.79 Å². The Morgan fingerprint density at radius 3 is 2.84 bits per heavy atom. The fourth-order valence-electron chi connectivity index (χ4n) is 2.64. The van der Waals surface area contributed by atoms with Crippen molar-refractivity contribution in [2.45, 2.75) is 0 Å². The molecule has 25 heavy (non-hydrogen) atoms. The zero-order valence-corrected chi connectivity index (χ0v) is 14.1. The molecule has 0 aliphatic carbocycles. The summed E-state index contributed by atoms with van der Waals surface area (Å²) in [5.74, 6) is 0.851. The van der Waals surface area contributed by atoms with Crippen LogP contribution in [-0.4, -0.2) is 43.1 Å². The van der Waals surface area contributed by atoms with E-state index in [1.165, 1.54) is 11.3 Å². The largest absolute Gasteiger partial charge is 0.452 e. The minimum atomic E-state index is -0.429. The Morgan fingerprint density at radius 1 is 1.24 bits per heavy atom. The lowest BCUT2D eigenvalue weighted by atomic mass is 10.1. The van der Waals surface area contributed by atoms with Gasteiger partial charge >= 0.3 is 6.09 Å². The molecule has 0 spiro atoms. The highest BCUT2D eigenvalue weighted by Crippen LogP contribution is 2.35. The van der Waals surface area contributed by atoms with Crippen LogP contribution in [0, 0.1) is 0 Å². The average Bonchev–Trinajstić information content (AvgIpc) is 3.24. The maximum absolute atomic E-state index is 12.4. The van der Waals surface area contributed by atoms with Gasteiger partial charge in [0.1, 0.15) is 11.5 Å². The second-order valence-corrected chi connectivity index (χ2v) is 6.56. The number of amides is 1. The van der Waals surface area contributed by atoms with Gasteiger partial charge in [0, 0.05) is 30.1 Å². The number of thiophene rings is 1. The van der Waals surface area contributed by atoms with Crippen molar-refractivity contribution >= 4 is 29.3 Å². The molecule has 7 heteroatoms. The predicted octanol–water partition coefficient (Wildman–Crippen LogP) is 3.20. The van der Waals surface area contributed by atoms with Crippen LogP contribution in [0.4, 0.5) is 4.79 Å². The third-order valence-corrected chi connectivity index (χ3v) is 4.75. The molecule has 0 unspecified atom stereocenters. The Morgan fingerprint density at radius 2 is 2.08 bits per heavy atom. The van der Waals surface area contributed by atoms with E-state index in [4.69, 9.17) is 14.2 Å². The molecule has 2 aliphatic rings. The highest BCUT2D eigenvalue weighted by molar-refractivity contribution is 7.10. The number of morpholine rings is 1. The Bertz CT molecular complexity index is 837. The predicted molar refractivity (Wildman–Crippen MR) is 92.1 cm³/mol. The number of rotatable bonds is 2. The summed E-state index contributed by atoms with van der Waals surface area (Å²) in [7, 11) is 0. The highest BCUT2D eigenvalue weighted by Gasteiger charge is 2.28. The van der Waals surface area contributed by atoms with Crippen molar-refractivity contribution in [3.05, 3.63) is 51.9 Å². The molecule has 2 aromatic rings. The summed E-state index contributed by atoms with van der Waals surface area (Å²) in [6.07, 6.45) is 1.29. The van der Waals surface area contributed by atoms with Gasteiger partial charge in [-0.05, 0) is 23.6 Å². The highest BCUT2D eigenvalue weighted by atomic mass is 32.1. The molecule has 0 atom stereocenters. The van der Waals surface area contributed by atoms with Crippen LogP contribution in [0.1, 0.15) is 15.2 Å². The molecule has 6 nitrogen and oxygen atoms in total. The van der Waals surface area contributed by atoms with Crippen molar-refractivity contribution in [2.24, 2.45) is 0 Å². The average molecular weight is 357 g/mol. The van der Waals surface area contributed by atoms with Crippen LogP contribution in [0.15, 0.2) is 41.5 Å². The first-order valence-corrected chi connectivity index (χ1v) is 8.75. The summed E-state index contributed by atoms with van der Waals surface area (Å²) in [6.45, 7) is 2.03. The molecule has 1 aromatic heterocycles. The summed E-state index contributed by atoms with van der Waals surface area (Å²) in [4.78, 5) is 27.1. The SMILES string of the molecule is O=C1/C(=C/c2cccs2)Oc2cc(OC(=O)N3CCOCC3)ccc21. The van der Waals surface area contributed by atoms with Crippen LogP contribution in [0.25, 0.3) is 6.08 Å². The number of allylic oxidation sites excluding steroid dienone is 1. The molecule has 3 heterocycles. The van der Waals surface area contributed by atoms with Crippen LogP contribution in [0.3, 0.4) is 0 Å². The van der Waals surface area contributed by atoms with Crippen LogP contribution in [-0.2, 0) is 4.74 Å². The summed E-state index contributed by atoms with van der Waals surface area (Å²) in [5, 5.41) is 1.93. The normalized spacial score (nSPS) is 18.2. The van der Waals surface area contributed by atoms with E-state index in [1.807, 2.05) is 17.5 Å². The number of hydrogen-bond donors (Lipinski definition) is 0. The quantitative estimate of drug-likeness (QED) is 0.773. The Labute approximate surface area is 148 Å². The molecule has 1 aromatic carbocycles. The van der Waals surface area contributed by atoms with E-state index in [-0.39, 0.29) is 11.5 Å². The number of nitrogens with zero attached hydrogens (tertiary/aromatic N) is 1. The van der Waals surface area contributed by atoms with E-state index in [0.717, 1.165) is 4.88 Å². The van der Waals surface area contributed by atoms with Gasteiger partial charge < -0.3 is 19.1 Å². The second-order valence-electron chi connectivity index (χ2n) is 5.58. The molecule has 128 valence electrons. The summed E-state index contributed by atoms with van der Waals surface area (Å²) in [5.41, 5.74) is 0.467. The van der Waals surface area contributed by atoms with E-state index in [0.29, 0.717) is 43.4 Å². The third-order valence-electron chi connectivity index (χ3n) is 3.93. The number of ketones is 1. The topological polar surface area (TPSA) is 65.1 Å². The van der Waals surface area contributed by atoms with Gasteiger partial charge in [-0.15, -0.1) is 11.3 Å². The van der Waals surface area contributed by atoms with Gasteiger partial charge in [-0.3, -0.25) is 4.79 Å². The van der Waals surface area contributed by atoms with Crippen LogP contribution >= 0.6 is 11.3 Å². The van der Waals surface area contributed by atoms with Gasteiger partial charge in [0.2, 0.25) is 5.78 Å². The monoisotopic (exact) mass is 357 g/mol. The van der Waals surface area contributed by atoms with E-state index in [2.05, 4.69) is 0 Å². The van der Waals surface area contributed by atoms with Crippen LogP contribution in [0.2, 0.25) is 0 Å². The van der Waals surface area contributed by atoms with Gasteiger partial charge in [0.05, 0.1) is 18.8 Å². The first-order chi connectivity index (χ1) is 12.2. The number of benzene rings is 1. The van der Waals surface area contributed by atoms with E-state index >= 15 is 0 Å². The number of ether oxygens (including phenoxy) is 3. The van der Waals surface area contributed by atoms with Gasteiger partial charge in [0.15, 0.2) is 5.76 Å². The standard InChI is InChI=1S/C18H15NO5S/c20-17-14-4-3-12(23-18(21)19-5-7-22-8-6-19)10-15(14)24-16(17)11-13-2-1-9-25-13/h1-4,9-11H,5-8H2/b16-11-. The molecule has 1 saturated heterocycles. The van der Waals surface area contributed by atoms with Gasteiger partial charge in [0.25, 0.3) is 0 Å². The molecule has 0 N–H and O–H groups in total. The number of carbonyl (C=O) groups is 2. The first kappa shape index (κ1) is 15.9. The number of Topliss-reactive ketones (excluding diaryl/α,β-unsaturated/α-hetero) is 1. The van der Waals surface area contributed by atoms with Crippen molar-refractivity contribution in [1.82, 2.24) is 4.90 Å². The molecule has 2 aliphatic heterocycles. The zero-order valence-electron chi connectivity index (χ0n) is 13.3. The lowest BCUT2D eigenvalue weighted by Gasteiger charge is -2.25. The van der Waals surface area contributed by atoms with Crippen molar-refractivity contribution in [2.75, 3.05) is 26.3 Å². The van der Waals surface area contributed by atoms with Gasteiger partial charge in [-0.2, -0.15) is 0 Å². The van der Waals surface area contributed by atoms with Crippen molar-refractivity contribution in [3.8, 4) is 11.5 Å². The van der Waals surface area contributed by atoms with Gasteiger partial charge in [-0.1, -0.05) is 6.07 Å². The maximum Gasteiger partial charge on any atom is 0.415 e. The molecule has 4 rings (SSSR count). The van der Waals surface area contributed by atoms with Crippen LogP contribution in [0.5, 0.6) is 11.5 Å². The fraction of sp³-hybridized carbons (Fsp3) is 0.222. The summed E-state index contributed by atoms with van der Waals surface area (Å²) >= 11 is 1.52. The molecular weight excluding hydrogens is 342 g/mol. The van der Waals surface area contributed by atoms with Crippen molar-refractivity contribution in [3.63, 3.8) is 0 Å². The van der Waals surface area contributed by atoms with E-state index < -0.39 is 6.09 Å². The Kier molecular flexibility index (Phi) is 4.25. The Balaban J connectivity index is 1.50. The third kappa shape index (κ3) is 3.29. The molecule has 0 saturated carbocycles. The minimum absolute atomic E-state index is 0.172. The van der Waals surface area contributed by atoms with E-state index in [9.17, 15) is 9.59 Å². The minimum Gasteiger partial charge on any atom is -0.452 e. The summed E-state index contributed by atoms with van der Waals surface area (Å²) < 4.78 is 16.2. The fourth-order valence-corrected chi connectivity index (χ4v) is 3.29. The Hall–Kier alpha value is -2.64. The van der Waals surface area contributed by atoms with E-state index in [1.54, 1.807) is 29.2 Å². The lowest BCUT2D eigenvalue weighted by molar-refractivity contribution is 0.0416. The number of carbonyl (C=O) groups excluding carboxylic acids is 2. The van der Waals surface area contributed by atoms with Crippen LogP contribution < -0.4 is 9.47 Å². The molecule has 0 bridgehead atoms. The number of hydrogen-bond acceptors (Lipinski definition) is 6. The maximum atomic E-state index is 12.4. The second kappa shape index (κ2) is 6.70. The van der Waals surface area contributed by atoms with Crippen molar-refractivity contribution in [1.29, 1.82) is 0 Å². The molecule has 1 amide bonds. The number of fused-ring (bicyclic) bond motifs is 1. The van der Waals surface area contributed by atoms with Crippen molar-refractivity contribution < 1.29 is 23.8 Å². The molecular formula is C18H15NO5S. The smallest absolute Gasteiger partial charge is 0.415 e. The first-order valence-electron chi connectivity index (χ1n) is 7.87. The zero-order chi connectivity index (χ0) is 17.2. The molecule has 0 radical (unpaired) electrons. The lowest BCUT2D eigenvalue weighted by Crippen LogP contribution is -2.42. The molecule has 1 fully saturated rings. The summed E-state index contributed by atoms with van der Waals surface area (Å²) in [6, 6.07) is 8.61.